The molecule has 11 heteroatoms. The highest BCUT2D eigenvalue weighted by Gasteiger charge is 2.41. The number of amides is 1. The van der Waals surface area contributed by atoms with Crippen LogP contribution < -0.4 is 10.2 Å². The van der Waals surface area contributed by atoms with E-state index in [0.717, 1.165) is 0 Å². The predicted octanol–water partition coefficient (Wildman–Crippen LogP) is 3.22. The maximum Gasteiger partial charge on any atom is 0.391 e. The summed E-state index contributed by atoms with van der Waals surface area (Å²) in [5.74, 6) is -1.13. The van der Waals surface area contributed by atoms with E-state index in [0.29, 0.717) is 16.6 Å². The molecule has 1 amide bonds. The molecule has 0 bridgehead atoms. The van der Waals surface area contributed by atoms with Gasteiger partial charge < -0.3 is 4.90 Å². The zero-order chi connectivity index (χ0) is 19.0. The summed E-state index contributed by atoms with van der Waals surface area (Å²) < 4.78 is 40.0. The minimum Gasteiger partial charge on any atom is -0.356 e. The molecule has 4 heterocycles. The number of nitrogens with zero attached hydrogens (tertiary/aromatic N) is 5. The lowest BCUT2D eigenvalue weighted by atomic mass is 9.96. The molecule has 1 aliphatic rings. The van der Waals surface area contributed by atoms with Gasteiger partial charge >= 0.3 is 6.18 Å². The Kier molecular flexibility index (Phi) is 4.46. The number of aromatic nitrogens is 4. The largest absolute Gasteiger partial charge is 0.391 e. The zero-order valence-corrected chi connectivity index (χ0v) is 14.8. The third kappa shape index (κ3) is 3.59. The average Bonchev–Trinajstić information content (AvgIpc) is 3.30. The summed E-state index contributed by atoms with van der Waals surface area (Å²) in [4.78, 5) is 22.7. The van der Waals surface area contributed by atoms with Gasteiger partial charge in [0.25, 0.3) is 5.91 Å². The smallest absolute Gasteiger partial charge is 0.356 e. The lowest BCUT2D eigenvalue weighted by Crippen LogP contribution is -2.39. The summed E-state index contributed by atoms with van der Waals surface area (Å²) in [6, 6.07) is 1.69. The lowest BCUT2D eigenvalue weighted by molar-refractivity contribution is -0.179. The number of thiazole rings is 1. The first-order chi connectivity index (χ1) is 12.9. The van der Waals surface area contributed by atoms with E-state index < -0.39 is 12.1 Å². The van der Waals surface area contributed by atoms with Gasteiger partial charge in [-0.05, 0) is 18.9 Å². The molecular weight excluding hydrogens is 381 g/mol. The number of hydrogen-bond donors (Lipinski definition) is 1. The van der Waals surface area contributed by atoms with Gasteiger partial charge in [-0.3, -0.25) is 10.1 Å². The predicted molar refractivity (Wildman–Crippen MR) is 94.0 cm³/mol. The second kappa shape index (κ2) is 6.80. The second-order valence-electron chi connectivity index (χ2n) is 6.21. The summed E-state index contributed by atoms with van der Waals surface area (Å²) >= 11 is 1.29. The Balaban J connectivity index is 1.55. The molecule has 1 saturated heterocycles. The van der Waals surface area contributed by atoms with Crippen molar-refractivity contribution >= 4 is 33.8 Å². The Labute approximate surface area is 155 Å². The van der Waals surface area contributed by atoms with Crippen molar-refractivity contribution in [2.45, 2.75) is 19.0 Å². The van der Waals surface area contributed by atoms with Crippen LogP contribution in [0.1, 0.15) is 23.2 Å². The highest BCUT2D eigenvalue weighted by atomic mass is 32.1. The van der Waals surface area contributed by atoms with Gasteiger partial charge in [-0.2, -0.15) is 18.3 Å². The van der Waals surface area contributed by atoms with Crippen LogP contribution in [0.4, 0.5) is 24.1 Å². The topological polar surface area (TPSA) is 75.4 Å². The van der Waals surface area contributed by atoms with Crippen molar-refractivity contribution in [2.75, 3.05) is 23.3 Å². The average molecular weight is 396 g/mol. The number of carbonyl (C=O) groups is 1. The molecule has 0 atom stereocenters. The third-order valence-electron chi connectivity index (χ3n) is 4.53. The first-order valence-electron chi connectivity index (χ1n) is 8.29. The molecule has 0 radical (unpaired) electrons. The molecule has 3 aromatic heterocycles. The van der Waals surface area contributed by atoms with Crippen molar-refractivity contribution < 1.29 is 18.0 Å². The third-order valence-corrected chi connectivity index (χ3v) is 5.22. The Morgan fingerprint density at radius 1 is 1.30 bits per heavy atom. The molecule has 0 aromatic carbocycles. The zero-order valence-electron chi connectivity index (χ0n) is 14.0. The second-order valence-corrected chi connectivity index (χ2v) is 7.10. The number of nitrogens with one attached hydrogen (secondary N) is 1. The van der Waals surface area contributed by atoms with E-state index >= 15 is 0 Å². The van der Waals surface area contributed by atoms with Crippen LogP contribution in [0, 0.1) is 5.92 Å². The molecule has 0 spiro atoms. The molecule has 3 aromatic rings. The molecule has 27 heavy (non-hydrogen) atoms. The standard InChI is InChI=1S/C16H15F3N6OS/c17-16(18,19)10-1-5-24(6-2-10)12-3-7-25-13(22-12)11(9-21-25)14(26)23-15-20-4-8-27-15/h3-4,7-10H,1-2,5-6H2,(H,20,23,26). The number of fused-ring (bicyclic) bond motifs is 1. The van der Waals surface area contributed by atoms with Crippen LogP contribution in [0.5, 0.6) is 0 Å². The highest BCUT2D eigenvalue weighted by Crippen LogP contribution is 2.35. The summed E-state index contributed by atoms with van der Waals surface area (Å²) in [5, 5.41) is 8.99. The fourth-order valence-corrected chi connectivity index (χ4v) is 3.61. The molecule has 0 aliphatic carbocycles. The molecule has 1 fully saturated rings. The van der Waals surface area contributed by atoms with Gasteiger partial charge in [0.05, 0.1) is 12.1 Å². The lowest BCUT2D eigenvalue weighted by Gasteiger charge is -2.33. The number of piperidine rings is 1. The van der Waals surface area contributed by atoms with E-state index in [1.165, 1.54) is 22.0 Å². The fraction of sp³-hybridized carbons (Fsp3) is 0.375. The number of halogens is 3. The Hall–Kier alpha value is -2.69. The minimum absolute atomic E-state index is 0.0347. The van der Waals surface area contributed by atoms with E-state index in [1.54, 1.807) is 28.7 Å². The monoisotopic (exact) mass is 396 g/mol. The molecule has 0 unspecified atom stereocenters. The Bertz CT molecular complexity index is 947. The van der Waals surface area contributed by atoms with Gasteiger partial charge in [0.1, 0.15) is 11.4 Å². The first-order valence-corrected chi connectivity index (χ1v) is 9.16. The maximum atomic E-state index is 12.8. The van der Waals surface area contributed by atoms with E-state index in [9.17, 15) is 18.0 Å². The van der Waals surface area contributed by atoms with E-state index in [4.69, 9.17) is 0 Å². The van der Waals surface area contributed by atoms with Crippen LogP contribution in [-0.2, 0) is 0 Å². The van der Waals surface area contributed by atoms with Crippen molar-refractivity contribution in [1.82, 2.24) is 19.6 Å². The normalized spacial score (nSPS) is 16.0. The van der Waals surface area contributed by atoms with E-state index in [2.05, 4.69) is 20.4 Å². The maximum absolute atomic E-state index is 12.8. The summed E-state index contributed by atoms with van der Waals surface area (Å²) in [6.07, 6.45) is 0.548. The first kappa shape index (κ1) is 17.7. The van der Waals surface area contributed by atoms with Crippen molar-refractivity contribution in [2.24, 2.45) is 5.92 Å². The van der Waals surface area contributed by atoms with Crippen molar-refractivity contribution in [1.29, 1.82) is 0 Å². The highest BCUT2D eigenvalue weighted by molar-refractivity contribution is 7.13. The molecule has 142 valence electrons. The van der Waals surface area contributed by atoms with Gasteiger partial charge in [-0.25, -0.2) is 14.5 Å². The minimum atomic E-state index is -4.16. The van der Waals surface area contributed by atoms with E-state index in [-0.39, 0.29) is 37.4 Å². The van der Waals surface area contributed by atoms with Crippen LogP contribution in [-0.4, -0.2) is 44.8 Å². The number of hydrogen-bond acceptors (Lipinski definition) is 6. The molecule has 0 saturated carbocycles. The molecular formula is C16H15F3N6OS. The molecule has 4 rings (SSSR count). The Morgan fingerprint density at radius 3 is 2.74 bits per heavy atom. The van der Waals surface area contributed by atoms with Gasteiger partial charge in [-0.15, -0.1) is 11.3 Å². The molecule has 1 N–H and O–H groups in total. The van der Waals surface area contributed by atoms with Crippen LogP contribution >= 0.6 is 11.3 Å². The fourth-order valence-electron chi connectivity index (χ4n) is 3.08. The van der Waals surface area contributed by atoms with Crippen LogP contribution in [0.3, 0.4) is 0 Å². The SMILES string of the molecule is O=C(Nc1nccs1)c1cnn2ccc(N3CCC(C(F)(F)F)CC3)nc12. The number of rotatable bonds is 3. The van der Waals surface area contributed by atoms with Crippen molar-refractivity contribution in [3.05, 3.63) is 35.6 Å². The number of carbonyl (C=O) groups excluding carboxylic acids is 1. The van der Waals surface area contributed by atoms with Gasteiger partial charge in [0.2, 0.25) is 0 Å². The molecule has 1 aliphatic heterocycles. The number of anilines is 2. The molecule has 7 nitrogen and oxygen atoms in total. The van der Waals surface area contributed by atoms with Crippen LogP contribution in [0.25, 0.3) is 5.65 Å². The summed E-state index contributed by atoms with van der Waals surface area (Å²) in [5.41, 5.74) is 0.622. The van der Waals surface area contributed by atoms with Crippen molar-refractivity contribution in [3.63, 3.8) is 0 Å². The van der Waals surface area contributed by atoms with Gasteiger partial charge in [0.15, 0.2) is 10.8 Å². The van der Waals surface area contributed by atoms with Crippen LogP contribution in [0.15, 0.2) is 30.0 Å². The van der Waals surface area contributed by atoms with Crippen molar-refractivity contribution in [3.8, 4) is 0 Å². The van der Waals surface area contributed by atoms with Gasteiger partial charge in [-0.1, -0.05) is 0 Å². The van der Waals surface area contributed by atoms with E-state index in [1.807, 2.05) is 0 Å². The van der Waals surface area contributed by atoms with Gasteiger partial charge in [0, 0.05) is 30.9 Å². The Morgan fingerprint density at radius 2 is 2.07 bits per heavy atom. The van der Waals surface area contributed by atoms with Crippen LogP contribution in [0.2, 0.25) is 0 Å². The number of alkyl halides is 3. The summed E-state index contributed by atoms with van der Waals surface area (Å²) in [6.45, 7) is 0.532. The summed E-state index contributed by atoms with van der Waals surface area (Å²) in [7, 11) is 0. The quantitative estimate of drug-likeness (QED) is 0.736.